The molecule has 1 saturated heterocycles. The van der Waals surface area contributed by atoms with Gasteiger partial charge in [0.25, 0.3) is 0 Å². The first-order valence-electron chi connectivity index (χ1n) is 5.92. The highest BCUT2D eigenvalue weighted by Crippen LogP contribution is 2.27. The van der Waals surface area contributed by atoms with Gasteiger partial charge < -0.3 is 10.4 Å². The van der Waals surface area contributed by atoms with Gasteiger partial charge in [0.2, 0.25) is 0 Å². The number of hydrogen-bond acceptors (Lipinski definition) is 5. The predicted molar refractivity (Wildman–Crippen MR) is 69.4 cm³/mol. The number of nitrogens with one attached hydrogen (secondary N) is 1. The predicted octanol–water partition coefficient (Wildman–Crippen LogP) is 0.201. The molecule has 0 atom stereocenters. The van der Waals surface area contributed by atoms with Gasteiger partial charge in [0.15, 0.2) is 9.84 Å². The molecule has 1 aliphatic rings. The van der Waals surface area contributed by atoms with Gasteiger partial charge in [-0.15, -0.1) is 0 Å². The summed E-state index contributed by atoms with van der Waals surface area (Å²) < 4.78 is 23.5. The second kappa shape index (κ2) is 5.26. The molecule has 1 aliphatic heterocycles. The molecule has 0 aliphatic carbocycles. The lowest BCUT2D eigenvalue weighted by molar-refractivity contribution is 0.231. The van der Waals surface area contributed by atoms with E-state index < -0.39 is 9.84 Å². The number of piperazine rings is 1. The molecule has 0 radical (unpaired) electrons. The molecule has 0 unspecified atom stereocenters. The normalized spacial score (nSPS) is 17.8. The lowest BCUT2D eigenvalue weighted by Gasteiger charge is -2.27. The summed E-state index contributed by atoms with van der Waals surface area (Å²) in [5, 5.41) is 13.0. The first-order valence-corrected chi connectivity index (χ1v) is 7.81. The van der Waals surface area contributed by atoms with Crippen molar-refractivity contribution in [1.29, 1.82) is 0 Å². The maximum atomic E-state index is 11.7. The third-order valence-electron chi connectivity index (χ3n) is 3.05. The van der Waals surface area contributed by atoms with Crippen LogP contribution in [0.1, 0.15) is 5.56 Å². The monoisotopic (exact) mass is 270 g/mol. The molecule has 0 saturated carbocycles. The molecule has 100 valence electrons. The van der Waals surface area contributed by atoms with Crippen LogP contribution in [-0.4, -0.2) is 50.9 Å². The number of aromatic hydroxyl groups is 1. The van der Waals surface area contributed by atoms with E-state index in [2.05, 4.69) is 10.2 Å². The van der Waals surface area contributed by atoms with Crippen LogP contribution >= 0.6 is 0 Å². The maximum absolute atomic E-state index is 11.7. The van der Waals surface area contributed by atoms with Gasteiger partial charge in [0.05, 0.1) is 0 Å². The largest absolute Gasteiger partial charge is 0.507 e. The van der Waals surface area contributed by atoms with E-state index >= 15 is 0 Å². The summed E-state index contributed by atoms with van der Waals surface area (Å²) in [6, 6.07) is 4.86. The van der Waals surface area contributed by atoms with Gasteiger partial charge in [-0.25, -0.2) is 8.42 Å². The zero-order chi connectivity index (χ0) is 13.2. The molecule has 0 spiro atoms. The Hall–Kier alpha value is -1.11. The van der Waals surface area contributed by atoms with Gasteiger partial charge in [-0.3, -0.25) is 4.90 Å². The van der Waals surface area contributed by atoms with Crippen molar-refractivity contribution in [1.82, 2.24) is 10.2 Å². The molecule has 0 amide bonds. The first-order chi connectivity index (χ1) is 8.48. The molecule has 0 bridgehead atoms. The third kappa shape index (κ3) is 3.01. The number of phenolic OH excluding ortho intramolecular Hbond substituents is 1. The molecule has 2 rings (SSSR count). The standard InChI is InChI=1S/C12H18N2O3S/c1-18(16,17)12-10(3-2-4-11(12)15)9-14-7-5-13-6-8-14/h2-4,13,15H,5-9H2,1H3. The summed E-state index contributed by atoms with van der Waals surface area (Å²) in [5.74, 6) is -0.162. The van der Waals surface area contributed by atoms with Crippen molar-refractivity contribution in [3.05, 3.63) is 23.8 Å². The van der Waals surface area contributed by atoms with Crippen molar-refractivity contribution < 1.29 is 13.5 Å². The second-order valence-electron chi connectivity index (χ2n) is 4.56. The van der Waals surface area contributed by atoms with Gasteiger partial charge in [0, 0.05) is 39.0 Å². The van der Waals surface area contributed by atoms with Crippen LogP contribution in [0.3, 0.4) is 0 Å². The Balaban J connectivity index is 2.30. The highest BCUT2D eigenvalue weighted by Gasteiger charge is 2.20. The average molecular weight is 270 g/mol. The van der Waals surface area contributed by atoms with E-state index in [0.717, 1.165) is 32.4 Å². The van der Waals surface area contributed by atoms with Gasteiger partial charge in [-0.1, -0.05) is 12.1 Å². The van der Waals surface area contributed by atoms with Crippen LogP contribution in [0.25, 0.3) is 0 Å². The summed E-state index contributed by atoms with van der Waals surface area (Å²) in [4.78, 5) is 2.24. The molecule has 2 N–H and O–H groups in total. The highest BCUT2D eigenvalue weighted by molar-refractivity contribution is 7.90. The SMILES string of the molecule is CS(=O)(=O)c1c(O)cccc1CN1CCNCC1. The van der Waals surface area contributed by atoms with Gasteiger partial charge in [0.1, 0.15) is 10.6 Å². The van der Waals surface area contributed by atoms with E-state index in [1.54, 1.807) is 12.1 Å². The van der Waals surface area contributed by atoms with E-state index in [-0.39, 0.29) is 10.6 Å². The van der Waals surface area contributed by atoms with Crippen LogP contribution in [-0.2, 0) is 16.4 Å². The smallest absolute Gasteiger partial charge is 0.179 e. The van der Waals surface area contributed by atoms with Gasteiger partial charge >= 0.3 is 0 Å². The summed E-state index contributed by atoms with van der Waals surface area (Å²) in [6.07, 6.45) is 1.13. The Morgan fingerprint density at radius 3 is 2.61 bits per heavy atom. The van der Waals surface area contributed by atoms with E-state index in [1.165, 1.54) is 6.07 Å². The average Bonchev–Trinajstić information content (AvgIpc) is 2.28. The summed E-state index contributed by atoms with van der Waals surface area (Å²) in [7, 11) is -3.41. The number of phenols is 1. The Kier molecular flexibility index (Phi) is 3.89. The van der Waals surface area contributed by atoms with Crippen molar-refractivity contribution >= 4 is 9.84 Å². The van der Waals surface area contributed by atoms with E-state index in [4.69, 9.17) is 0 Å². The molecule has 18 heavy (non-hydrogen) atoms. The van der Waals surface area contributed by atoms with Crippen LogP contribution in [0.2, 0.25) is 0 Å². The Labute approximate surface area is 107 Å². The fourth-order valence-electron chi connectivity index (χ4n) is 2.23. The number of hydrogen-bond donors (Lipinski definition) is 2. The maximum Gasteiger partial charge on any atom is 0.179 e. The minimum absolute atomic E-state index is 0.0588. The minimum Gasteiger partial charge on any atom is -0.507 e. The molecule has 6 heteroatoms. The molecule has 1 heterocycles. The van der Waals surface area contributed by atoms with Crippen LogP contribution in [0.4, 0.5) is 0 Å². The second-order valence-corrected chi connectivity index (χ2v) is 6.52. The third-order valence-corrected chi connectivity index (χ3v) is 4.26. The quantitative estimate of drug-likeness (QED) is 0.821. The van der Waals surface area contributed by atoms with Crippen molar-refractivity contribution in [2.45, 2.75) is 11.4 Å². The molecular formula is C12H18N2O3S. The minimum atomic E-state index is -3.41. The van der Waals surface area contributed by atoms with E-state index in [1.807, 2.05) is 0 Å². The molecule has 1 fully saturated rings. The fourth-order valence-corrected chi connectivity index (χ4v) is 3.29. The number of benzene rings is 1. The summed E-state index contributed by atoms with van der Waals surface area (Å²) in [6.45, 7) is 4.15. The van der Waals surface area contributed by atoms with Gasteiger partial charge in [-0.05, 0) is 11.6 Å². The van der Waals surface area contributed by atoms with Crippen molar-refractivity contribution in [3.63, 3.8) is 0 Å². The van der Waals surface area contributed by atoms with E-state index in [9.17, 15) is 13.5 Å². The van der Waals surface area contributed by atoms with Crippen LogP contribution in [0, 0.1) is 0 Å². The molecule has 1 aromatic carbocycles. The Morgan fingerprint density at radius 1 is 1.33 bits per heavy atom. The highest BCUT2D eigenvalue weighted by atomic mass is 32.2. The summed E-state index contributed by atoms with van der Waals surface area (Å²) >= 11 is 0. The van der Waals surface area contributed by atoms with E-state index in [0.29, 0.717) is 12.1 Å². The van der Waals surface area contributed by atoms with Crippen LogP contribution in [0.5, 0.6) is 5.75 Å². The lowest BCUT2D eigenvalue weighted by Crippen LogP contribution is -2.43. The van der Waals surface area contributed by atoms with Gasteiger partial charge in [-0.2, -0.15) is 0 Å². The van der Waals surface area contributed by atoms with Crippen molar-refractivity contribution in [3.8, 4) is 5.75 Å². The Bertz CT molecular complexity index is 522. The molecule has 1 aromatic rings. The number of sulfone groups is 1. The lowest BCUT2D eigenvalue weighted by atomic mass is 10.2. The first kappa shape index (κ1) is 13.3. The zero-order valence-electron chi connectivity index (χ0n) is 10.4. The van der Waals surface area contributed by atoms with Crippen LogP contribution < -0.4 is 5.32 Å². The Morgan fingerprint density at radius 2 is 2.00 bits per heavy atom. The summed E-state index contributed by atoms with van der Waals surface area (Å²) in [5.41, 5.74) is 0.666. The number of nitrogens with zero attached hydrogens (tertiary/aromatic N) is 1. The fraction of sp³-hybridized carbons (Fsp3) is 0.500. The molecule has 5 nitrogen and oxygen atoms in total. The molecule has 0 aromatic heterocycles. The van der Waals surface area contributed by atoms with Crippen molar-refractivity contribution in [2.75, 3.05) is 32.4 Å². The number of rotatable bonds is 3. The topological polar surface area (TPSA) is 69.6 Å². The molecular weight excluding hydrogens is 252 g/mol. The van der Waals surface area contributed by atoms with Crippen molar-refractivity contribution in [2.24, 2.45) is 0 Å². The van der Waals surface area contributed by atoms with Crippen LogP contribution in [0.15, 0.2) is 23.1 Å². The zero-order valence-corrected chi connectivity index (χ0v) is 11.2.